The smallest absolute Gasteiger partial charge is 0.251 e. The second-order valence-corrected chi connectivity index (χ2v) is 6.83. The Morgan fingerprint density at radius 3 is 2.57 bits per heavy atom. The molecular weight excluding hydrogens is 290 g/mol. The van der Waals surface area contributed by atoms with Gasteiger partial charge in [-0.15, -0.1) is 0 Å². The van der Waals surface area contributed by atoms with Crippen LogP contribution in [0.15, 0.2) is 42.7 Å². The zero-order valence-electron chi connectivity index (χ0n) is 14.0. The number of aliphatic hydroxyl groups is 1. The Balaban J connectivity index is 1.83. The SMILES string of the molecule is CC(C)(C)[C@@H](O)CCNC(=O)c1ccc(Cn2cccn2)cc1. The normalized spacial score (nSPS) is 12.9. The van der Waals surface area contributed by atoms with Gasteiger partial charge in [-0.25, -0.2) is 0 Å². The fourth-order valence-electron chi connectivity index (χ4n) is 2.20. The van der Waals surface area contributed by atoms with Gasteiger partial charge >= 0.3 is 0 Å². The summed E-state index contributed by atoms with van der Waals surface area (Å²) in [5.41, 5.74) is 1.55. The van der Waals surface area contributed by atoms with Crippen molar-refractivity contribution in [2.24, 2.45) is 5.41 Å². The lowest BCUT2D eigenvalue weighted by Crippen LogP contribution is -2.32. The topological polar surface area (TPSA) is 67.2 Å². The molecule has 0 aliphatic heterocycles. The van der Waals surface area contributed by atoms with E-state index in [9.17, 15) is 9.90 Å². The van der Waals surface area contributed by atoms with Crippen LogP contribution in [0.1, 0.15) is 43.1 Å². The van der Waals surface area contributed by atoms with Crippen LogP contribution in [-0.2, 0) is 6.54 Å². The third kappa shape index (κ3) is 5.21. The van der Waals surface area contributed by atoms with Crippen LogP contribution in [0.5, 0.6) is 0 Å². The highest BCUT2D eigenvalue weighted by Gasteiger charge is 2.21. The molecular formula is C18H25N3O2. The average molecular weight is 315 g/mol. The lowest BCUT2D eigenvalue weighted by molar-refractivity contribution is 0.0551. The van der Waals surface area contributed by atoms with E-state index in [4.69, 9.17) is 0 Å². The van der Waals surface area contributed by atoms with Crippen molar-refractivity contribution in [1.82, 2.24) is 15.1 Å². The molecule has 0 bridgehead atoms. The van der Waals surface area contributed by atoms with Crippen LogP contribution >= 0.6 is 0 Å². The quantitative estimate of drug-likeness (QED) is 0.860. The minimum atomic E-state index is -0.431. The molecule has 0 fully saturated rings. The van der Waals surface area contributed by atoms with Gasteiger partial charge in [-0.3, -0.25) is 9.48 Å². The molecule has 0 unspecified atom stereocenters. The van der Waals surface area contributed by atoms with Gasteiger partial charge in [0, 0.05) is 24.5 Å². The van der Waals surface area contributed by atoms with E-state index < -0.39 is 6.10 Å². The second-order valence-electron chi connectivity index (χ2n) is 6.83. The summed E-state index contributed by atoms with van der Waals surface area (Å²) < 4.78 is 1.84. The average Bonchev–Trinajstić information content (AvgIpc) is 2.99. The van der Waals surface area contributed by atoms with Crippen LogP contribution in [-0.4, -0.2) is 33.4 Å². The number of amides is 1. The summed E-state index contributed by atoms with van der Waals surface area (Å²) in [4.78, 5) is 12.1. The fraction of sp³-hybridized carbons (Fsp3) is 0.444. The Hall–Kier alpha value is -2.14. The molecule has 0 spiro atoms. The second kappa shape index (κ2) is 7.42. The maximum Gasteiger partial charge on any atom is 0.251 e. The first-order valence-electron chi connectivity index (χ1n) is 7.89. The predicted octanol–water partition coefficient (Wildman–Crippen LogP) is 2.46. The number of carbonyl (C=O) groups is 1. The van der Waals surface area contributed by atoms with E-state index in [0.29, 0.717) is 25.1 Å². The van der Waals surface area contributed by atoms with Gasteiger partial charge in [-0.1, -0.05) is 32.9 Å². The van der Waals surface area contributed by atoms with Crippen molar-refractivity contribution in [2.75, 3.05) is 6.54 Å². The predicted molar refractivity (Wildman–Crippen MR) is 90.2 cm³/mol. The van der Waals surface area contributed by atoms with Crippen LogP contribution in [0, 0.1) is 5.41 Å². The monoisotopic (exact) mass is 315 g/mol. The zero-order chi connectivity index (χ0) is 16.9. The van der Waals surface area contributed by atoms with Gasteiger partial charge in [0.05, 0.1) is 12.6 Å². The highest BCUT2D eigenvalue weighted by molar-refractivity contribution is 5.94. The number of hydrogen-bond acceptors (Lipinski definition) is 3. The van der Waals surface area contributed by atoms with Crippen LogP contribution in [0.25, 0.3) is 0 Å². The van der Waals surface area contributed by atoms with E-state index in [0.717, 1.165) is 5.56 Å². The molecule has 124 valence electrons. The number of hydrogen-bond donors (Lipinski definition) is 2. The number of nitrogens with one attached hydrogen (secondary N) is 1. The van der Waals surface area contributed by atoms with Crippen LogP contribution in [0.3, 0.4) is 0 Å². The Bertz CT molecular complexity index is 613. The first-order chi connectivity index (χ1) is 10.9. The van der Waals surface area contributed by atoms with Crippen molar-refractivity contribution in [3.8, 4) is 0 Å². The van der Waals surface area contributed by atoms with E-state index in [1.165, 1.54) is 0 Å². The number of rotatable bonds is 6. The lowest BCUT2D eigenvalue weighted by atomic mass is 9.87. The summed E-state index contributed by atoms with van der Waals surface area (Å²) in [5, 5.41) is 17.0. The summed E-state index contributed by atoms with van der Waals surface area (Å²) >= 11 is 0. The Morgan fingerprint density at radius 1 is 1.30 bits per heavy atom. The molecule has 5 heteroatoms. The molecule has 0 saturated carbocycles. The van der Waals surface area contributed by atoms with E-state index in [-0.39, 0.29) is 11.3 Å². The fourth-order valence-corrected chi connectivity index (χ4v) is 2.20. The van der Waals surface area contributed by atoms with Gasteiger partial charge in [-0.2, -0.15) is 5.10 Å². The number of aromatic nitrogens is 2. The molecule has 0 aliphatic rings. The van der Waals surface area contributed by atoms with E-state index in [2.05, 4.69) is 10.4 Å². The Labute approximate surface area is 137 Å². The summed E-state index contributed by atoms with van der Waals surface area (Å²) in [6.07, 6.45) is 3.76. The lowest BCUT2D eigenvalue weighted by Gasteiger charge is -2.25. The zero-order valence-corrected chi connectivity index (χ0v) is 14.0. The van der Waals surface area contributed by atoms with Gasteiger partial charge in [0.2, 0.25) is 0 Å². The van der Waals surface area contributed by atoms with Crippen molar-refractivity contribution < 1.29 is 9.90 Å². The molecule has 0 saturated heterocycles. The highest BCUT2D eigenvalue weighted by atomic mass is 16.3. The largest absolute Gasteiger partial charge is 0.393 e. The number of nitrogens with zero attached hydrogens (tertiary/aromatic N) is 2. The van der Waals surface area contributed by atoms with Crippen LogP contribution in [0.2, 0.25) is 0 Å². The summed E-state index contributed by atoms with van der Waals surface area (Å²) in [6.45, 7) is 7.10. The maximum absolute atomic E-state index is 12.1. The van der Waals surface area contributed by atoms with Crippen LogP contribution in [0.4, 0.5) is 0 Å². The number of benzene rings is 1. The molecule has 5 nitrogen and oxygen atoms in total. The standard InChI is InChI=1S/C18H25N3O2/c1-18(2,3)16(22)9-11-19-17(23)15-7-5-14(6-8-15)13-21-12-4-10-20-21/h4-8,10,12,16,22H,9,11,13H2,1-3H3,(H,19,23)/t16-/m0/s1. The van der Waals surface area contributed by atoms with Crippen LogP contribution < -0.4 is 5.32 Å². The molecule has 2 N–H and O–H groups in total. The molecule has 23 heavy (non-hydrogen) atoms. The summed E-state index contributed by atoms with van der Waals surface area (Å²) in [7, 11) is 0. The molecule has 1 aromatic carbocycles. The summed E-state index contributed by atoms with van der Waals surface area (Å²) in [6, 6.07) is 9.37. The van der Waals surface area contributed by atoms with Gasteiger partial charge in [0.15, 0.2) is 0 Å². The van der Waals surface area contributed by atoms with E-state index in [1.807, 2.05) is 62.0 Å². The molecule has 0 aliphatic carbocycles. The summed E-state index contributed by atoms with van der Waals surface area (Å²) in [5.74, 6) is -0.114. The first-order valence-corrected chi connectivity index (χ1v) is 7.89. The molecule has 1 amide bonds. The van der Waals surface area contributed by atoms with Gasteiger partial charge in [0.1, 0.15) is 0 Å². The Kier molecular flexibility index (Phi) is 5.55. The molecule has 1 atom stereocenters. The molecule has 2 rings (SSSR count). The highest BCUT2D eigenvalue weighted by Crippen LogP contribution is 2.20. The molecule has 2 aromatic rings. The number of carbonyl (C=O) groups excluding carboxylic acids is 1. The minimum Gasteiger partial charge on any atom is -0.393 e. The first kappa shape index (κ1) is 17.2. The van der Waals surface area contributed by atoms with Crippen molar-refractivity contribution in [1.29, 1.82) is 0 Å². The maximum atomic E-state index is 12.1. The molecule has 1 aromatic heterocycles. The van der Waals surface area contributed by atoms with Crippen molar-refractivity contribution in [3.05, 3.63) is 53.9 Å². The third-order valence-corrected chi connectivity index (χ3v) is 3.82. The van der Waals surface area contributed by atoms with Gasteiger partial charge < -0.3 is 10.4 Å². The van der Waals surface area contributed by atoms with E-state index >= 15 is 0 Å². The minimum absolute atomic E-state index is 0.114. The van der Waals surface area contributed by atoms with Crippen molar-refractivity contribution >= 4 is 5.91 Å². The third-order valence-electron chi connectivity index (χ3n) is 3.82. The number of aliphatic hydroxyl groups excluding tert-OH is 1. The van der Waals surface area contributed by atoms with E-state index in [1.54, 1.807) is 6.20 Å². The van der Waals surface area contributed by atoms with Gasteiger partial charge in [-0.05, 0) is 35.6 Å². The Morgan fingerprint density at radius 2 is 2.00 bits per heavy atom. The van der Waals surface area contributed by atoms with Crippen molar-refractivity contribution in [3.63, 3.8) is 0 Å². The van der Waals surface area contributed by atoms with Gasteiger partial charge in [0.25, 0.3) is 5.91 Å². The molecule has 0 radical (unpaired) electrons. The molecule has 1 heterocycles. The van der Waals surface area contributed by atoms with Crippen molar-refractivity contribution in [2.45, 2.75) is 39.8 Å².